The van der Waals surface area contributed by atoms with Crippen LogP contribution in [0, 0.1) is 11.2 Å². The van der Waals surface area contributed by atoms with Crippen LogP contribution in [-0.4, -0.2) is 85.7 Å². The van der Waals surface area contributed by atoms with Gasteiger partial charge >= 0.3 is 5.97 Å². The number of halogens is 1. The standard InChI is InChI=1S/C22H31FN8O7/c1-26-20(36)16(9-19(34)35)31-17(32)11-28-21(37)15(3-2-8-27-22(24)25)30-18(33)12-38-29-10-13-4-6-14(23)7-5-13/h4-7,10,15-16H,2-3,8-9,11-12H2,1H3,(H,26,36)(H,28,37)(H,30,33)(H,31,32)(H,34,35)(H4,24,25,27)/b29-10+. The van der Waals surface area contributed by atoms with E-state index in [0.29, 0.717) is 12.0 Å². The molecule has 0 spiro atoms. The number of carbonyl (C=O) groups excluding carboxylic acids is 4. The SMILES string of the molecule is CNC(=O)C(CC(=O)O)NC(=O)CNC(=O)C(CCCNC(=N)N)NC(=O)CO/N=C/c1ccc(F)cc1. The van der Waals surface area contributed by atoms with Crippen molar-refractivity contribution in [2.45, 2.75) is 31.3 Å². The highest BCUT2D eigenvalue weighted by Gasteiger charge is 2.24. The Bertz CT molecular complexity index is 1020. The Kier molecular flexibility index (Phi) is 13.8. The van der Waals surface area contributed by atoms with Crippen molar-refractivity contribution in [2.75, 3.05) is 26.7 Å². The van der Waals surface area contributed by atoms with Crippen molar-refractivity contribution < 1.29 is 38.3 Å². The van der Waals surface area contributed by atoms with E-state index in [9.17, 15) is 28.4 Å². The number of likely N-dealkylation sites (N-methyl/N-ethyl adjacent to an activating group) is 1. The number of carboxylic acid groups (broad SMARTS) is 1. The van der Waals surface area contributed by atoms with Gasteiger partial charge in [0.25, 0.3) is 5.91 Å². The molecule has 0 aliphatic rings. The Morgan fingerprint density at radius 3 is 2.34 bits per heavy atom. The van der Waals surface area contributed by atoms with Crippen molar-refractivity contribution in [3.63, 3.8) is 0 Å². The smallest absolute Gasteiger partial charge is 0.305 e. The number of hydrogen-bond acceptors (Lipinski definition) is 8. The Hall–Kier alpha value is -4.76. The fourth-order valence-electron chi connectivity index (χ4n) is 2.87. The number of rotatable bonds is 16. The largest absolute Gasteiger partial charge is 0.481 e. The molecule has 0 aromatic heterocycles. The lowest BCUT2D eigenvalue weighted by Crippen LogP contribution is -2.52. The van der Waals surface area contributed by atoms with Crippen LogP contribution in [0.1, 0.15) is 24.8 Å². The molecule has 1 rings (SSSR count). The van der Waals surface area contributed by atoms with Crippen LogP contribution in [-0.2, 0) is 28.8 Å². The van der Waals surface area contributed by atoms with Crippen molar-refractivity contribution >= 4 is 41.8 Å². The van der Waals surface area contributed by atoms with Gasteiger partial charge in [0.15, 0.2) is 12.6 Å². The van der Waals surface area contributed by atoms with Gasteiger partial charge in [0, 0.05) is 13.6 Å². The van der Waals surface area contributed by atoms with Crippen LogP contribution in [0.4, 0.5) is 4.39 Å². The number of oxime groups is 1. The molecule has 0 aliphatic carbocycles. The summed E-state index contributed by atoms with van der Waals surface area (Å²) in [5.41, 5.74) is 5.74. The summed E-state index contributed by atoms with van der Waals surface area (Å²) in [5.74, 6) is -4.99. The van der Waals surface area contributed by atoms with Gasteiger partial charge in [0.1, 0.15) is 17.9 Å². The summed E-state index contributed by atoms with van der Waals surface area (Å²) < 4.78 is 12.9. The number of benzene rings is 1. The second kappa shape index (κ2) is 16.8. The number of aliphatic carboxylic acids is 1. The number of nitrogens with zero attached hydrogens (tertiary/aromatic N) is 1. The van der Waals surface area contributed by atoms with Crippen molar-refractivity contribution in [1.82, 2.24) is 26.6 Å². The van der Waals surface area contributed by atoms with Crippen molar-refractivity contribution in [3.8, 4) is 0 Å². The third-order valence-electron chi connectivity index (χ3n) is 4.68. The van der Waals surface area contributed by atoms with E-state index in [4.69, 9.17) is 21.1 Å². The second-order valence-corrected chi connectivity index (χ2v) is 7.71. The quantitative estimate of drug-likeness (QED) is 0.0490. The molecule has 0 saturated heterocycles. The van der Waals surface area contributed by atoms with Crippen molar-refractivity contribution in [1.29, 1.82) is 5.41 Å². The molecule has 0 radical (unpaired) electrons. The van der Waals surface area contributed by atoms with Crippen LogP contribution in [0.25, 0.3) is 0 Å². The topological polar surface area (TPSA) is 237 Å². The summed E-state index contributed by atoms with van der Waals surface area (Å²) in [4.78, 5) is 64.6. The molecule has 0 fully saturated rings. The molecule has 1 aromatic carbocycles. The van der Waals surface area contributed by atoms with Crippen molar-refractivity contribution in [2.24, 2.45) is 10.9 Å². The van der Waals surface area contributed by atoms with E-state index in [-0.39, 0.29) is 18.9 Å². The lowest BCUT2D eigenvalue weighted by atomic mass is 10.1. The van der Waals surface area contributed by atoms with Gasteiger partial charge in [0.05, 0.1) is 19.2 Å². The molecular formula is C22H31FN8O7. The zero-order valence-electron chi connectivity index (χ0n) is 20.6. The summed E-state index contributed by atoms with van der Waals surface area (Å²) in [5, 5.41) is 31.4. The molecule has 2 atom stereocenters. The van der Waals surface area contributed by atoms with Crippen LogP contribution < -0.4 is 32.3 Å². The van der Waals surface area contributed by atoms with Crippen LogP contribution in [0.5, 0.6) is 0 Å². The first-order valence-corrected chi connectivity index (χ1v) is 11.3. The number of nitrogens with one attached hydrogen (secondary N) is 6. The summed E-state index contributed by atoms with van der Waals surface area (Å²) in [6.07, 6.45) is 1.01. The normalized spacial score (nSPS) is 12.1. The van der Waals surface area contributed by atoms with Crippen LogP contribution in [0.2, 0.25) is 0 Å². The zero-order chi connectivity index (χ0) is 28.5. The van der Waals surface area contributed by atoms with Crippen LogP contribution >= 0.6 is 0 Å². The minimum atomic E-state index is -1.34. The van der Waals surface area contributed by atoms with E-state index in [1.807, 2.05) is 0 Å². The molecule has 0 heterocycles. The van der Waals surface area contributed by atoms with E-state index in [0.717, 1.165) is 0 Å². The molecule has 2 unspecified atom stereocenters. The average molecular weight is 539 g/mol. The first-order chi connectivity index (χ1) is 18.0. The number of guanidine groups is 1. The monoisotopic (exact) mass is 538 g/mol. The van der Waals surface area contributed by atoms with Crippen molar-refractivity contribution in [3.05, 3.63) is 35.6 Å². The van der Waals surface area contributed by atoms with Gasteiger partial charge in [-0.2, -0.15) is 0 Å². The highest BCUT2D eigenvalue weighted by Crippen LogP contribution is 2.01. The predicted molar refractivity (Wildman–Crippen MR) is 132 cm³/mol. The van der Waals surface area contributed by atoms with Gasteiger partial charge in [-0.05, 0) is 30.5 Å². The van der Waals surface area contributed by atoms with Gasteiger partial charge in [-0.3, -0.25) is 29.4 Å². The van der Waals surface area contributed by atoms with Gasteiger partial charge < -0.3 is 42.3 Å². The summed E-state index contributed by atoms with van der Waals surface area (Å²) in [6.45, 7) is -0.907. The molecule has 208 valence electrons. The van der Waals surface area contributed by atoms with Crippen LogP contribution in [0.15, 0.2) is 29.4 Å². The average Bonchev–Trinajstić information content (AvgIpc) is 2.86. The van der Waals surface area contributed by atoms with E-state index < -0.39 is 67.1 Å². The van der Waals surface area contributed by atoms with Gasteiger partial charge in [-0.1, -0.05) is 17.3 Å². The molecule has 4 amide bonds. The first-order valence-electron chi connectivity index (χ1n) is 11.3. The number of nitrogens with two attached hydrogens (primary N) is 1. The molecule has 0 saturated carbocycles. The number of amides is 4. The number of carbonyl (C=O) groups is 5. The Morgan fingerprint density at radius 2 is 1.74 bits per heavy atom. The van der Waals surface area contributed by atoms with E-state index in [1.54, 1.807) is 0 Å². The maximum absolute atomic E-state index is 12.9. The molecule has 38 heavy (non-hydrogen) atoms. The minimum absolute atomic E-state index is 0.0954. The van der Waals surface area contributed by atoms with Gasteiger partial charge in [-0.15, -0.1) is 0 Å². The minimum Gasteiger partial charge on any atom is -0.481 e. The molecule has 15 nitrogen and oxygen atoms in total. The number of carboxylic acids is 1. The van der Waals surface area contributed by atoms with E-state index >= 15 is 0 Å². The third kappa shape index (κ3) is 13.4. The van der Waals surface area contributed by atoms with E-state index in [2.05, 4.69) is 31.7 Å². The highest BCUT2D eigenvalue weighted by molar-refractivity contribution is 5.93. The second-order valence-electron chi connectivity index (χ2n) is 7.71. The fraction of sp³-hybridized carbons (Fsp3) is 0.409. The van der Waals surface area contributed by atoms with E-state index in [1.165, 1.54) is 37.5 Å². The number of hydrogen-bond donors (Lipinski definition) is 8. The molecular weight excluding hydrogens is 507 g/mol. The Labute approximate surface area is 217 Å². The zero-order valence-corrected chi connectivity index (χ0v) is 20.6. The summed E-state index contributed by atoms with van der Waals surface area (Å²) >= 11 is 0. The van der Waals surface area contributed by atoms with Gasteiger partial charge in [0.2, 0.25) is 17.7 Å². The molecule has 0 bridgehead atoms. The summed E-state index contributed by atoms with van der Waals surface area (Å²) in [6, 6.07) is 2.90. The van der Waals surface area contributed by atoms with Gasteiger partial charge in [-0.25, -0.2) is 4.39 Å². The Morgan fingerprint density at radius 1 is 1.08 bits per heavy atom. The highest BCUT2D eigenvalue weighted by atomic mass is 19.1. The third-order valence-corrected chi connectivity index (χ3v) is 4.68. The molecule has 16 heteroatoms. The molecule has 1 aromatic rings. The molecule has 0 aliphatic heterocycles. The fourth-order valence-corrected chi connectivity index (χ4v) is 2.87. The Balaban J connectivity index is 2.66. The lowest BCUT2D eigenvalue weighted by Gasteiger charge is -2.19. The first kappa shape index (κ1) is 31.3. The maximum atomic E-state index is 12.9. The predicted octanol–water partition coefficient (Wildman–Crippen LogP) is -2.25. The molecule has 9 N–H and O–H groups in total. The maximum Gasteiger partial charge on any atom is 0.305 e. The summed E-state index contributed by atoms with van der Waals surface area (Å²) in [7, 11) is 1.27. The van der Waals surface area contributed by atoms with Crippen LogP contribution in [0.3, 0.4) is 0 Å². The lowest BCUT2D eigenvalue weighted by molar-refractivity contribution is -0.140.